The quantitative estimate of drug-likeness (QED) is 0.205. The van der Waals surface area contributed by atoms with Crippen LogP contribution in [0.2, 0.25) is 0 Å². The zero-order valence-electron chi connectivity index (χ0n) is 24.6. The third-order valence-electron chi connectivity index (χ3n) is 8.32. The van der Waals surface area contributed by atoms with Gasteiger partial charge in [-0.15, -0.1) is 11.8 Å². The average Bonchev–Trinajstić information content (AvgIpc) is 2.94. The summed E-state index contributed by atoms with van der Waals surface area (Å²) in [5.74, 6) is 1.68. The number of halogens is 1. The van der Waals surface area contributed by atoms with Crippen LogP contribution >= 0.6 is 34.8 Å². The number of piperidine rings is 1. The van der Waals surface area contributed by atoms with Crippen LogP contribution in [0.3, 0.4) is 0 Å². The van der Waals surface area contributed by atoms with Crippen LogP contribution in [0.5, 0.6) is 5.75 Å². The van der Waals surface area contributed by atoms with Crippen molar-refractivity contribution in [3.8, 4) is 5.75 Å². The third-order valence-corrected chi connectivity index (χ3v) is 10.1. The Bertz CT molecular complexity index is 1180. The SMILES string of the molecule is Cc1c(O)cccc1C(=O)N[C@@H](CSc1ccccc1)[C@@H](CN1C[C@H]2CCCC[C@H]2C[C@H]1C(=O)NC(C)(C)C)OI. The minimum atomic E-state index is -0.349. The Morgan fingerprint density at radius 3 is 2.49 bits per heavy atom. The number of phenols is 1. The van der Waals surface area contributed by atoms with Crippen LogP contribution in [0.1, 0.15) is 68.8 Å². The van der Waals surface area contributed by atoms with Gasteiger partial charge in [-0.3, -0.25) is 14.5 Å². The summed E-state index contributed by atoms with van der Waals surface area (Å²) in [5, 5.41) is 16.7. The number of nitrogens with one attached hydrogen (secondary N) is 2. The van der Waals surface area contributed by atoms with Crippen molar-refractivity contribution in [1.29, 1.82) is 0 Å². The van der Waals surface area contributed by atoms with E-state index in [0.717, 1.165) is 17.9 Å². The highest BCUT2D eigenvalue weighted by Crippen LogP contribution is 2.39. The molecular weight excluding hydrogens is 649 g/mol. The van der Waals surface area contributed by atoms with Gasteiger partial charge in [-0.2, -0.15) is 0 Å². The van der Waals surface area contributed by atoms with Crippen molar-refractivity contribution < 1.29 is 17.8 Å². The van der Waals surface area contributed by atoms with Gasteiger partial charge in [0, 0.05) is 40.4 Å². The maximum absolute atomic E-state index is 13.6. The standard InChI is InChI=1S/C32H44IN3O4S/c1-21-25(15-10-16-28(21)37)30(38)34-26(20-41-24-13-6-5-7-14-24)29(40-33)19-36-18-23-12-9-8-11-22(23)17-27(36)31(39)35-32(2,3)4/h5-7,10,13-16,22-23,26-27,29,37H,8-9,11-12,17-20H2,1-4H3,(H,34,38)(H,35,39)/t22-,23+,26-,27-,29+/m0/s1. The van der Waals surface area contributed by atoms with E-state index in [9.17, 15) is 14.7 Å². The van der Waals surface area contributed by atoms with Gasteiger partial charge in [0.05, 0.1) is 12.1 Å². The van der Waals surface area contributed by atoms with Crippen molar-refractivity contribution >= 4 is 46.6 Å². The molecule has 224 valence electrons. The molecule has 2 fully saturated rings. The topological polar surface area (TPSA) is 90.9 Å². The lowest BCUT2D eigenvalue weighted by Crippen LogP contribution is -2.60. The van der Waals surface area contributed by atoms with Crippen molar-refractivity contribution in [3.63, 3.8) is 0 Å². The van der Waals surface area contributed by atoms with Crippen molar-refractivity contribution in [1.82, 2.24) is 15.5 Å². The number of phenolic OH excluding ortho intramolecular Hbond substituents is 1. The van der Waals surface area contributed by atoms with Crippen LogP contribution in [-0.4, -0.2) is 64.4 Å². The number of hydrogen-bond donors (Lipinski definition) is 3. The van der Waals surface area contributed by atoms with Crippen LogP contribution in [0.15, 0.2) is 53.4 Å². The number of aromatic hydroxyl groups is 1. The Kier molecular flexibility index (Phi) is 11.4. The molecule has 1 saturated heterocycles. The summed E-state index contributed by atoms with van der Waals surface area (Å²) in [6.45, 7) is 9.21. The first-order valence-corrected chi connectivity index (χ1v) is 16.5. The number of thioether (sulfide) groups is 1. The highest BCUT2D eigenvalue weighted by molar-refractivity contribution is 14.1. The maximum atomic E-state index is 13.6. The maximum Gasteiger partial charge on any atom is 0.252 e. The van der Waals surface area contributed by atoms with Gasteiger partial charge in [-0.1, -0.05) is 43.5 Å². The number of nitrogens with zero attached hydrogens (tertiary/aromatic N) is 1. The van der Waals surface area contributed by atoms with E-state index in [2.05, 4.69) is 27.7 Å². The molecule has 4 rings (SSSR count). The average molecular weight is 694 g/mol. The molecule has 2 aromatic rings. The van der Waals surface area contributed by atoms with Crippen molar-refractivity contribution in [2.45, 2.75) is 88.4 Å². The molecule has 7 nitrogen and oxygen atoms in total. The third kappa shape index (κ3) is 8.84. The molecule has 1 aliphatic heterocycles. The molecule has 0 aromatic heterocycles. The molecule has 0 unspecified atom stereocenters. The molecule has 41 heavy (non-hydrogen) atoms. The number of amides is 2. The smallest absolute Gasteiger partial charge is 0.252 e. The molecule has 2 aromatic carbocycles. The molecular formula is C32H44IN3O4S. The molecule has 2 aliphatic rings. The van der Waals surface area contributed by atoms with E-state index in [0.29, 0.717) is 35.3 Å². The second kappa shape index (κ2) is 14.6. The summed E-state index contributed by atoms with van der Waals surface area (Å²) in [4.78, 5) is 30.5. The largest absolute Gasteiger partial charge is 0.508 e. The molecule has 5 atom stereocenters. The van der Waals surface area contributed by atoms with Gasteiger partial charge >= 0.3 is 0 Å². The van der Waals surface area contributed by atoms with E-state index >= 15 is 0 Å². The van der Waals surface area contributed by atoms with Crippen molar-refractivity contribution in [2.75, 3.05) is 18.8 Å². The molecule has 1 heterocycles. The summed E-state index contributed by atoms with van der Waals surface area (Å²) in [6.07, 6.45) is 5.39. The molecule has 0 radical (unpaired) electrons. The van der Waals surface area contributed by atoms with E-state index in [4.69, 9.17) is 3.07 Å². The fourth-order valence-electron chi connectivity index (χ4n) is 6.14. The number of hydrogen-bond acceptors (Lipinski definition) is 6. The Hall–Kier alpha value is -1.82. The summed E-state index contributed by atoms with van der Waals surface area (Å²) < 4.78 is 6.08. The van der Waals surface area contributed by atoms with Crippen LogP contribution < -0.4 is 10.6 Å². The highest BCUT2D eigenvalue weighted by atomic mass is 127. The molecule has 3 N–H and O–H groups in total. The Morgan fingerprint density at radius 1 is 1.10 bits per heavy atom. The zero-order valence-corrected chi connectivity index (χ0v) is 27.5. The predicted molar refractivity (Wildman–Crippen MR) is 173 cm³/mol. The number of fused-ring (bicyclic) bond motifs is 1. The van der Waals surface area contributed by atoms with Gasteiger partial charge in [-0.25, -0.2) is 0 Å². The number of rotatable bonds is 10. The lowest BCUT2D eigenvalue weighted by Gasteiger charge is -2.47. The van der Waals surface area contributed by atoms with Gasteiger partial charge in [0.1, 0.15) is 34.9 Å². The second-order valence-corrected chi connectivity index (χ2v) is 14.1. The van der Waals surface area contributed by atoms with Gasteiger partial charge in [0.25, 0.3) is 5.91 Å². The van der Waals surface area contributed by atoms with Gasteiger partial charge in [0.2, 0.25) is 5.91 Å². The first kappa shape index (κ1) is 32.1. The van der Waals surface area contributed by atoms with Crippen LogP contribution in [0.25, 0.3) is 0 Å². The van der Waals surface area contributed by atoms with Crippen LogP contribution in [0.4, 0.5) is 0 Å². The monoisotopic (exact) mass is 693 g/mol. The normalized spacial score (nSPS) is 22.8. The summed E-state index contributed by atoms with van der Waals surface area (Å²) >= 11 is 3.61. The minimum absolute atomic E-state index is 0.0726. The second-order valence-electron chi connectivity index (χ2n) is 12.5. The zero-order chi connectivity index (χ0) is 29.6. The first-order valence-electron chi connectivity index (χ1n) is 14.7. The van der Waals surface area contributed by atoms with Crippen molar-refractivity contribution in [2.24, 2.45) is 11.8 Å². The molecule has 0 spiro atoms. The van der Waals surface area contributed by atoms with Crippen LogP contribution in [0, 0.1) is 18.8 Å². The van der Waals surface area contributed by atoms with E-state index in [1.807, 2.05) is 62.0 Å². The first-order chi connectivity index (χ1) is 19.6. The predicted octanol–water partition coefficient (Wildman–Crippen LogP) is 6.12. The minimum Gasteiger partial charge on any atom is -0.508 e. The summed E-state index contributed by atoms with van der Waals surface area (Å²) in [7, 11) is 0. The Morgan fingerprint density at radius 2 is 1.80 bits per heavy atom. The van der Waals surface area contributed by atoms with E-state index in [1.165, 1.54) is 25.7 Å². The fourth-order valence-corrected chi connectivity index (χ4v) is 7.67. The summed E-state index contributed by atoms with van der Waals surface area (Å²) in [6, 6.07) is 14.6. The lowest BCUT2D eigenvalue weighted by molar-refractivity contribution is -0.132. The van der Waals surface area contributed by atoms with E-state index < -0.39 is 0 Å². The Labute approximate surface area is 263 Å². The molecule has 0 bridgehead atoms. The van der Waals surface area contributed by atoms with Crippen LogP contribution in [-0.2, 0) is 7.86 Å². The highest BCUT2D eigenvalue weighted by Gasteiger charge is 2.42. The van der Waals surface area contributed by atoms with Crippen molar-refractivity contribution in [3.05, 3.63) is 59.7 Å². The van der Waals surface area contributed by atoms with Gasteiger partial charge in [0.15, 0.2) is 0 Å². The van der Waals surface area contributed by atoms with E-state index in [-0.39, 0.29) is 41.3 Å². The Balaban J connectivity index is 1.57. The molecule has 1 aliphatic carbocycles. The number of likely N-dealkylation sites (tertiary alicyclic amines) is 1. The molecule has 1 saturated carbocycles. The number of benzene rings is 2. The lowest BCUT2D eigenvalue weighted by atomic mass is 9.72. The number of carbonyl (C=O) groups excluding carboxylic acids is 2. The summed E-state index contributed by atoms with van der Waals surface area (Å²) in [5.41, 5.74) is 0.676. The number of carbonyl (C=O) groups is 2. The molecule has 2 amide bonds. The van der Waals surface area contributed by atoms with E-state index in [1.54, 1.807) is 36.9 Å². The van der Waals surface area contributed by atoms with Gasteiger partial charge < -0.3 is 18.8 Å². The fraction of sp³-hybridized carbons (Fsp3) is 0.562. The van der Waals surface area contributed by atoms with Gasteiger partial charge in [-0.05, 0) is 76.6 Å². The molecule has 9 heteroatoms.